The Labute approximate surface area is 200 Å². The molecule has 1 saturated heterocycles. The van der Waals surface area contributed by atoms with E-state index in [-0.39, 0.29) is 24.6 Å². The lowest BCUT2D eigenvalue weighted by atomic mass is 9.80. The molecule has 7 nitrogen and oxygen atoms in total. The highest BCUT2D eigenvalue weighted by molar-refractivity contribution is 5.97. The van der Waals surface area contributed by atoms with Gasteiger partial charge in [0.15, 0.2) is 6.29 Å². The molecule has 1 heterocycles. The number of ether oxygens (including phenoxy) is 2. The Morgan fingerprint density at radius 1 is 1.20 bits per heavy atom. The van der Waals surface area contributed by atoms with Crippen molar-refractivity contribution in [3.8, 4) is 11.8 Å². The Bertz CT molecular complexity index is 1130. The molecule has 2 aliphatic rings. The van der Waals surface area contributed by atoms with Gasteiger partial charge >= 0.3 is 6.18 Å². The lowest BCUT2D eigenvalue weighted by molar-refractivity contribution is -0.140. The Morgan fingerprint density at radius 2 is 1.91 bits per heavy atom. The van der Waals surface area contributed by atoms with E-state index in [4.69, 9.17) is 14.7 Å². The Balaban J connectivity index is 1.55. The first-order valence-corrected chi connectivity index (χ1v) is 11.3. The van der Waals surface area contributed by atoms with E-state index >= 15 is 0 Å². The van der Waals surface area contributed by atoms with Gasteiger partial charge in [0.25, 0.3) is 5.91 Å². The maximum Gasteiger partial charge on any atom is 0.417 e. The van der Waals surface area contributed by atoms with Gasteiger partial charge in [-0.2, -0.15) is 18.4 Å². The standard InChI is InChI=1S/C25H25F3N2O5/c26-25(27,28)20-11-18(9-8-16(20)13-29)30-23(32)24(33,17-5-1-2-6-17)12-15-4-3-7-19(10-15)34-14-21-22(31)35-21/h3-4,7-11,17,21-22,31,33H,1-2,5-6,12,14H2,(H,30,32). The quantitative estimate of drug-likeness (QED) is 0.486. The first-order valence-electron chi connectivity index (χ1n) is 11.3. The molecule has 2 aromatic carbocycles. The van der Waals surface area contributed by atoms with Gasteiger partial charge in [-0.3, -0.25) is 4.79 Å². The van der Waals surface area contributed by atoms with Crippen molar-refractivity contribution in [3.05, 3.63) is 59.2 Å². The van der Waals surface area contributed by atoms with Crippen molar-refractivity contribution < 1.29 is 37.7 Å². The lowest BCUT2D eigenvalue weighted by Gasteiger charge is -2.33. The monoisotopic (exact) mass is 490 g/mol. The number of carbonyl (C=O) groups excluding carboxylic acids is 1. The number of epoxide rings is 1. The average molecular weight is 490 g/mol. The molecule has 3 N–H and O–H groups in total. The van der Waals surface area contributed by atoms with Crippen LogP contribution in [0.15, 0.2) is 42.5 Å². The molecule has 1 amide bonds. The summed E-state index contributed by atoms with van der Waals surface area (Å²) < 4.78 is 50.5. The van der Waals surface area contributed by atoms with E-state index in [9.17, 15) is 28.2 Å². The molecule has 0 aromatic heterocycles. The van der Waals surface area contributed by atoms with Gasteiger partial charge in [0.2, 0.25) is 0 Å². The third-order valence-corrected chi connectivity index (χ3v) is 6.47. The predicted molar refractivity (Wildman–Crippen MR) is 118 cm³/mol. The molecule has 4 rings (SSSR count). The van der Waals surface area contributed by atoms with Crippen molar-refractivity contribution in [2.75, 3.05) is 11.9 Å². The first kappa shape index (κ1) is 25.0. The summed E-state index contributed by atoms with van der Waals surface area (Å²) in [6.07, 6.45) is -3.18. The van der Waals surface area contributed by atoms with Crippen molar-refractivity contribution in [2.45, 2.75) is 56.3 Å². The van der Waals surface area contributed by atoms with Crippen LogP contribution in [0.2, 0.25) is 0 Å². The number of benzene rings is 2. The number of nitrogens with one attached hydrogen (secondary N) is 1. The molecule has 2 fully saturated rings. The van der Waals surface area contributed by atoms with Gasteiger partial charge in [0, 0.05) is 12.1 Å². The van der Waals surface area contributed by atoms with Crippen LogP contribution in [-0.4, -0.2) is 40.7 Å². The number of halogens is 3. The molecule has 1 saturated carbocycles. The Morgan fingerprint density at radius 3 is 2.54 bits per heavy atom. The normalized spacial score (nSPS) is 21.7. The van der Waals surface area contributed by atoms with Gasteiger partial charge in [0.05, 0.1) is 17.2 Å². The zero-order valence-electron chi connectivity index (χ0n) is 18.7. The minimum atomic E-state index is -4.77. The van der Waals surface area contributed by atoms with Crippen LogP contribution in [0.25, 0.3) is 0 Å². The molecule has 2 aromatic rings. The summed E-state index contributed by atoms with van der Waals surface area (Å²) in [5, 5.41) is 32.3. The van der Waals surface area contributed by atoms with Crippen LogP contribution in [0, 0.1) is 17.2 Å². The molecular formula is C25H25F3N2O5. The fraction of sp³-hybridized carbons (Fsp3) is 0.440. The second kappa shape index (κ2) is 9.85. The zero-order valence-corrected chi connectivity index (χ0v) is 18.7. The maximum absolute atomic E-state index is 13.3. The second-order valence-corrected chi connectivity index (χ2v) is 8.93. The minimum Gasteiger partial charge on any atom is -0.491 e. The summed E-state index contributed by atoms with van der Waals surface area (Å²) in [5.41, 5.74) is -3.12. The number of hydrogen-bond acceptors (Lipinski definition) is 6. The average Bonchev–Trinajstić information content (AvgIpc) is 3.26. The smallest absolute Gasteiger partial charge is 0.417 e. The number of amides is 1. The highest BCUT2D eigenvalue weighted by atomic mass is 19.4. The van der Waals surface area contributed by atoms with Gasteiger partial charge < -0.3 is 25.0 Å². The van der Waals surface area contributed by atoms with E-state index < -0.39 is 41.2 Å². The molecule has 186 valence electrons. The van der Waals surface area contributed by atoms with Crippen LogP contribution < -0.4 is 10.1 Å². The van der Waals surface area contributed by atoms with Gasteiger partial charge in [0.1, 0.15) is 24.1 Å². The number of aliphatic hydroxyl groups is 2. The number of aliphatic hydroxyl groups excluding tert-OH is 1. The lowest BCUT2D eigenvalue weighted by Crippen LogP contribution is -2.50. The number of alkyl halides is 3. The molecule has 0 spiro atoms. The van der Waals surface area contributed by atoms with Crippen molar-refractivity contribution >= 4 is 11.6 Å². The highest BCUT2D eigenvalue weighted by Gasteiger charge is 2.45. The number of carbonyl (C=O) groups is 1. The number of nitrogens with zero attached hydrogens (tertiary/aromatic N) is 1. The van der Waals surface area contributed by atoms with Crippen LogP contribution in [-0.2, 0) is 22.1 Å². The Kier molecular flexibility index (Phi) is 7.03. The van der Waals surface area contributed by atoms with E-state index in [0.717, 1.165) is 18.9 Å². The summed E-state index contributed by atoms with van der Waals surface area (Å²) >= 11 is 0. The Hall–Kier alpha value is -3.13. The van der Waals surface area contributed by atoms with Gasteiger partial charge in [-0.05, 0) is 54.7 Å². The molecular weight excluding hydrogens is 465 g/mol. The number of anilines is 1. The molecule has 10 heteroatoms. The summed E-state index contributed by atoms with van der Waals surface area (Å²) in [7, 11) is 0. The molecule has 0 bridgehead atoms. The number of hydrogen-bond donors (Lipinski definition) is 3. The second-order valence-electron chi connectivity index (χ2n) is 8.93. The van der Waals surface area contributed by atoms with Crippen LogP contribution in [0.3, 0.4) is 0 Å². The molecule has 1 aliphatic carbocycles. The fourth-order valence-corrected chi connectivity index (χ4v) is 4.50. The van der Waals surface area contributed by atoms with E-state index in [1.807, 2.05) is 0 Å². The van der Waals surface area contributed by atoms with Crippen LogP contribution in [0.5, 0.6) is 5.75 Å². The van der Waals surface area contributed by atoms with Crippen molar-refractivity contribution in [3.63, 3.8) is 0 Å². The van der Waals surface area contributed by atoms with E-state index in [2.05, 4.69) is 5.32 Å². The van der Waals surface area contributed by atoms with Gasteiger partial charge in [-0.25, -0.2) is 0 Å². The third-order valence-electron chi connectivity index (χ3n) is 6.47. The fourth-order valence-electron chi connectivity index (χ4n) is 4.50. The van der Waals surface area contributed by atoms with E-state index in [1.54, 1.807) is 24.3 Å². The summed E-state index contributed by atoms with van der Waals surface area (Å²) in [6.45, 7) is 0.151. The van der Waals surface area contributed by atoms with Crippen LogP contribution in [0.4, 0.5) is 18.9 Å². The maximum atomic E-state index is 13.3. The number of rotatable bonds is 8. The largest absolute Gasteiger partial charge is 0.491 e. The minimum absolute atomic E-state index is 0.0638. The van der Waals surface area contributed by atoms with Crippen molar-refractivity contribution in [1.29, 1.82) is 5.26 Å². The summed E-state index contributed by atoms with van der Waals surface area (Å²) in [5.74, 6) is -0.702. The zero-order chi connectivity index (χ0) is 25.2. The van der Waals surface area contributed by atoms with E-state index in [0.29, 0.717) is 30.2 Å². The topological polar surface area (TPSA) is 115 Å². The molecule has 3 atom stereocenters. The van der Waals surface area contributed by atoms with Gasteiger partial charge in [-0.15, -0.1) is 0 Å². The predicted octanol–water partition coefficient (Wildman–Crippen LogP) is 3.78. The molecule has 3 unspecified atom stereocenters. The molecule has 0 radical (unpaired) electrons. The molecule has 35 heavy (non-hydrogen) atoms. The first-order chi connectivity index (χ1) is 16.6. The highest BCUT2D eigenvalue weighted by Crippen LogP contribution is 2.38. The number of nitriles is 1. The van der Waals surface area contributed by atoms with Crippen LogP contribution in [0.1, 0.15) is 42.4 Å². The SMILES string of the molecule is N#Cc1ccc(NC(=O)C(O)(Cc2cccc(OCC3OC3O)c2)C2CCCC2)cc1C(F)(F)F. The summed E-state index contributed by atoms with van der Waals surface area (Å²) in [4.78, 5) is 13.3. The van der Waals surface area contributed by atoms with Crippen molar-refractivity contribution in [1.82, 2.24) is 0 Å². The molecule has 1 aliphatic heterocycles. The van der Waals surface area contributed by atoms with E-state index in [1.165, 1.54) is 12.1 Å². The third kappa shape index (κ3) is 5.75. The van der Waals surface area contributed by atoms with Crippen LogP contribution >= 0.6 is 0 Å². The summed E-state index contributed by atoms with van der Waals surface area (Å²) in [6, 6.07) is 11.2. The van der Waals surface area contributed by atoms with Gasteiger partial charge in [-0.1, -0.05) is 25.0 Å². The van der Waals surface area contributed by atoms with Crippen molar-refractivity contribution in [2.24, 2.45) is 5.92 Å².